The van der Waals surface area contributed by atoms with Crippen LogP contribution in [0.2, 0.25) is 0 Å². The van der Waals surface area contributed by atoms with Crippen LogP contribution in [0.5, 0.6) is 0 Å². The van der Waals surface area contributed by atoms with Gasteiger partial charge in [-0.05, 0) is 43.0 Å². The highest BCUT2D eigenvalue weighted by Gasteiger charge is 2.24. The number of halogens is 1. The molecule has 1 heterocycles. The van der Waals surface area contributed by atoms with E-state index in [0.29, 0.717) is 12.5 Å². The number of nitrogens with zero attached hydrogens (tertiary/aromatic N) is 2. The Hall–Kier alpha value is -1.68. The molecule has 4 heteroatoms. The molecule has 1 aliphatic carbocycles. The van der Waals surface area contributed by atoms with Crippen molar-refractivity contribution in [2.45, 2.75) is 25.2 Å². The lowest BCUT2D eigenvalue weighted by atomic mass is 9.88. The smallest absolute Gasteiger partial charge is 0.125 e. The van der Waals surface area contributed by atoms with Crippen LogP contribution in [0.1, 0.15) is 30.0 Å². The van der Waals surface area contributed by atoms with Gasteiger partial charge in [-0.1, -0.05) is 6.07 Å². The van der Waals surface area contributed by atoms with Gasteiger partial charge in [-0.2, -0.15) is 5.10 Å². The summed E-state index contributed by atoms with van der Waals surface area (Å²) in [5, 5.41) is 4.40. The summed E-state index contributed by atoms with van der Waals surface area (Å²) in [7, 11) is 0. The summed E-state index contributed by atoms with van der Waals surface area (Å²) in [5.74, 6) is 0.0939. The van der Waals surface area contributed by atoms with E-state index in [1.807, 2.05) is 16.9 Å². The summed E-state index contributed by atoms with van der Waals surface area (Å²) < 4.78 is 15.1. The quantitative estimate of drug-likeness (QED) is 0.882. The van der Waals surface area contributed by atoms with Crippen LogP contribution in [-0.4, -0.2) is 16.3 Å². The van der Waals surface area contributed by atoms with Crippen molar-refractivity contribution in [2.24, 2.45) is 5.73 Å². The monoisotopic (exact) mass is 245 g/mol. The Morgan fingerprint density at radius 2 is 2.33 bits per heavy atom. The van der Waals surface area contributed by atoms with Gasteiger partial charge in [0.1, 0.15) is 5.82 Å². The topological polar surface area (TPSA) is 43.8 Å². The Balaban J connectivity index is 2.11. The average Bonchev–Trinajstić information content (AvgIpc) is 2.82. The molecule has 0 saturated heterocycles. The second-order valence-electron chi connectivity index (χ2n) is 4.77. The van der Waals surface area contributed by atoms with Crippen molar-refractivity contribution in [1.82, 2.24) is 9.78 Å². The molecule has 0 amide bonds. The number of aryl methyl sites for hydroxylation is 1. The molecule has 0 spiro atoms. The van der Waals surface area contributed by atoms with Crippen molar-refractivity contribution in [3.63, 3.8) is 0 Å². The van der Waals surface area contributed by atoms with E-state index in [2.05, 4.69) is 5.10 Å². The normalized spacial score (nSPS) is 18.7. The summed E-state index contributed by atoms with van der Waals surface area (Å²) in [4.78, 5) is 0. The first-order valence-corrected chi connectivity index (χ1v) is 6.32. The zero-order valence-corrected chi connectivity index (χ0v) is 10.1. The van der Waals surface area contributed by atoms with E-state index >= 15 is 0 Å². The lowest BCUT2D eigenvalue weighted by Gasteiger charge is -2.23. The van der Waals surface area contributed by atoms with Crippen molar-refractivity contribution < 1.29 is 4.39 Å². The first kappa shape index (κ1) is 11.4. The number of benzene rings is 1. The molecular formula is C14H16FN3. The lowest BCUT2D eigenvalue weighted by molar-refractivity contribution is 0.533. The molecule has 2 N–H and O–H groups in total. The Labute approximate surface area is 105 Å². The van der Waals surface area contributed by atoms with Crippen LogP contribution in [-0.2, 0) is 6.42 Å². The van der Waals surface area contributed by atoms with E-state index in [1.54, 1.807) is 6.07 Å². The van der Waals surface area contributed by atoms with Gasteiger partial charge in [-0.15, -0.1) is 0 Å². The van der Waals surface area contributed by atoms with Crippen LogP contribution in [0.15, 0.2) is 30.5 Å². The molecule has 0 saturated carbocycles. The second-order valence-corrected chi connectivity index (χ2v) is 4.77. The number of rotatable bonds is 2. The number of hydrogen-bond donors (Lipinski definition) is 1. The van der Waals surface area contributed by atoms with Crippen molar-refractivity contribution in [3.8, 4) is 5.69 Å². The number of nitrogens with two attached hydrogens (primary N) is 1. The number of aromatic nitrogens is 2. The van der Waals surface area contributed by atoms with Gasteiger partial charge in [-0.25, -0.2) is 9.07 Å². The maximum absolute atomic E-state index is 13.3. The zero-order chi connectivity index (χ0) is 12.5. The number of fused-ring (bicyclic) bond motifs is 1. The number of hydrogen-bond acceptors (Lipinski definition) is 2. The molecule has 94 valence electrons. The van der Waals surface area contributed by atoms with Crippen LogP contribution in [0.25, 0.3) is 5.69 Å². The third-order valence-corrected chi connectivity index (χ3v) is 3.61. The zero-order valence-electron chi connectivity index (χ0n) is 10.1. The van der Waals surface area contributed by atoms with E-state index in [0.717, 1.165) is 30.6 Å². The molecule has 0 fully saturated rings. The Morgan fingerprint density at radius 1 is 1.44 bits per heavy atom. The van der Waals surface area contributed by atoms with E-state index < -0.39 is 0 Å². The fraction of sp³-hybridized carbons (Fsp3) is 0.357. The molecule has 3 nitrogen and oxygen atoms in total. The summed E-state index contributed by atoms with van der Waals surface area (Å²) in [5.41, 5.74) is 9.03. The van der Waals surface area contributed by atoms with Crippen LogP contribution in [0.3, 0.4) is 0 Å². The second kappa shape index (κ2) is 4.53. The molecule has 2 aromatic rings. The lowest BCUT2D eigenvalue weighted by Crippen LogP contribution is -2.21. The van der Waals surface area contributed by atoms with Crippen molar-refractivity contribution in [1.29, 1.82) is 0 Å². The average molecular weight is 245 g/mol. The van der Waals surface area contributed by atoms with Gasteiger partial charge in [0.2, 0.25) is 0 Å². The molecule has 0 aliphatic heterocycles. The predicted octanol–water partition coefficient (Wildman–Crippen LogP) is 2.39. The van der Waals surface area contributed by atoms with E-state index in [-0.39, 0.29) is 5.82 Å². The fourth-order valence-electron chi connectivity index (χ4n) is 2.74. The predicted molar refractivity (Wildman–Crippen MR) is 68.3 cm³/mol. The van der Waals surface area contributed by atoms with Crippen molar-refractivity contribution >= 4 is 0 Å². The summed E-state index contributed by atoms with van der Waals surface area (Å²) in [6.45, 7) is 0.619. The minimum Gasteiger partial charge on any atom is -0.330 e. The van der Waals surface area contributed by atoms with Gasteiger partial charge in [0.05, 0.1) is 17.6 Å². The van der Waals surface area contributed by atoms with Crippen molar-refractivity contribution in [2.75, 3.05) is 6.54 Å². The Morgan fingerprint density at radius 3 is 3.11 bits per heavy atom. The standard InChI is InChI=1S/C14H16FN3/c15-12-5-2-6-13(7-12)18-14-10(8-16)3-1-4-11(14)9-17-18/h2,5-7,9-10H,1,3-4,8,16H2. The molecule has 1 aromatic carbocycles. The maximum Gasteiger partial charge on any atom is 0.125 e. The molecule has 1 aromatic heterocycles. The summed E-state index contributed by atoms with van der Waals surface area (Å²) in [6, 6.07) is 6.53. The SMILES string of the molecule is NCC1CCCc2cnn(-c3cccc(F)c3)c21. The van der Waals surface area contributed by atoms with E-state index in [4.69, 9.17) is 5.73 Å². The highest BCUT2D eigenvalue weighted by molar-refractivity contribution is 5.38. The third-order valence-electron chi connectivity index (χ3n) is 3.61. The minimum absolute atomic E-state index is 0.239. The van der Waals surface area contributed by atoms with Gasteiger partial charge in [0.25, 0.3) is 0 Å². The summed E-state index contributed by atoms with van der Waals surface area (Å²) >= 11 is 0. The van der Waals surface area contributed by atoms with Gasteiger partial charge in [0, 0.05) is 12.5 Å². The molecular weight excluding hydrogens is 229 g/mol. The molecule has 1 unspecified atom stereocenters. The Kier molecular flexibility index (Phi) is 2.88. The Bertz CT molecular complexity index is 562. The van der Waals surface area contributed by atoms with Crippen LogP contribution in [0.4, 0.5) is 4.39 Å². The van der Waals surface area contributed by atoms with Crippen molar-refractivity contribution in [3.05, 3.63) is 47.5 Å². The highest BCUT2D eigenvalue weighted by Crippen LogP contribution is 2.32. The van der Waals surface area contributed by atoms with Crippen LogP contribution < -0.4 is 5.73 Å². The molecule has 0 bridgehead atoms. The third kappa shape index (κ3) is 1.82. The highest BCUT2D eigenvalue weighted by atomic mass is 19.1. The fourth-order valence-corrected chi connectivity index (χ4v) is 2.74. The first-order chi connectivity index (χ1) is 8.79. The van der Waals surface area contributed by atoms with E-state index in [9.17, 15) is 4.39 Å². The molecule has 18 heavy (non-hydrogen) atoms. The van der Waals surface area contributed by atoms with Gasteiger partial charge >= 0.3 is 0 Å². The van der Waals surface area contributed by atoms with Gasteiger partial charge in [-0.3, -0.25) is 0 Å². The molecule has 1 aliphatic rings. The molecule has 0 radical (unpaired) electrons. The van der Waals surface area contributed by atoms with Gasteiger partial charge < -0.3 is 5.73 Å². The summed E-state index contributed by atoms with van der Waals surface area (Å²) in [6.07, 6.45) is 5.18. The molecule has 1 atom stereocenters. The van der Waals surface area contributed by atoms with E-state index in [1.165, 1.54) is 17.7 Å². The minimum atomic E-state index is -0.239. The van der Waals surface area contributed by atoms with Gasteiger partial charge in [0.15, 0.2) is 0 Å². The van der Waals surface area contributed by atoms with Crippen LogP contribution in [0, 0.1) is 5.82 Å². The largest absolute Gasteiger partial charge is 0.330 e. The van der Waals surface area contributed by atoms with Crippen LogP contribution >= 0.6 is 0 Å². The molecule has 3 rings (SSSR count). The maximum atomic E-state index is 13.3. The first-order valence-electron chi connectivity index (χ1n) is 6.32.